The number of halogens is 1. The van der Waals surface area contributed by atoms with Gasteiger partial charge in [0.1, 0.15) is 5.82 Å². The lowest BCUT2D eigenvalue weighted by Gasteiger charge is -2.55. The Bertz CT molecular complexity index is 763. The number of nitrogens with one attached hydrogen (secondary N) is 4. The summed E-state index contributed by atoms with van der Waals surface area (Å²) in [4.78, 5) is 24.9. The molecule has 2 amide bonds. The number of hydrogen-bond acceptors (Lipinski definition) is 3. The van der Waals surface area contributed by atoms with Gasteiger partial charge in [-0.25, -0.2) is 4.39 Å². The molecule has 0 unspecified atom stereocenters. The highest BCUT2D eigenvalue weighted by Crippen LogP contribution is 2.60. The van der Waals surface area contributed by atoms with Gasteiger partial charge in [0.05, 0.1) is 0 Å². The van der Waals surface area contributed by atoms with Crippen LogP contribution in [0.5, 0.6) is 0 Å². The van der Waals surface area contributed by atoms with Gasteiger partial charge >= 0.3 is 0 Å². The number of carbonyl (C=O) groups is 2. The Hall–Kier alpha value is -2.22. The predicted octanol–water partition coefficient (Wildman–Crippen LogP) is 2.87. The first-order chi connectivity index (χ1) is 13.9. The Morgan fingerprint density at radius 3 is 2.17 bits per heavy atom. The molecule has 0 radical (unpaired) electrons. The van der Waals surface area contributed by atoms with Crippen molar-refractivity contribution in [2.45, 2.75) is 44.9 Å². The third kappa shape index (κ3) is 4.69. The van der Waals surface area contributed by atoms with E-state index in [0.29, 0.717) is 30.0 Å². The largest absolute Gasteiger partial charge is 0.355 e. The molecular weight excluding hydrogens is 391 g/mol. The summed E-state index contributed by atoms with van der Waals surface area (Å²) < 4.78 is 12.9. The number of benzene rings is 1. The Morgan fingerprint density at radius 2 is 1.59 bits per heavy atom. The quantitative estimate of drug-likeness (QED) is 0.437. The van der Waals surface area contributed by atoms with Crippen LogP contribution in [0.4, 0.5) is 10.1 Å². The van der Waals surface area contributed by atoms with E-state index in [-0.39, 0.29) is 34.6 Å². The molecule has 29 heavy (non-hydrogen) atoms. The average Bonchev–Trinajstić information content (AvgIpc) is 2.67. The van der Waals surface area contributed by atoms with E-state index >= 15 is 0 Å². The molecule has 6 nitrogen and oxygen atoms in total. The Labute approximate surface area is 175 Å². The van der Waals surface area contributed by atoms with Crippen LogP contribution in [0.3, 0.4) is 0 Å². The van der Waals surface area contributed by atoms with E-state index in [1.54, 1.807) is 12.1 Å². The summed E-state index contributed by atoms with van der Waals surface area (Å²) in [6, 6.07) is 5.72. The van der Waals surface area contributed by atoms with Gasteiger partial charge in [0.2, 0.25) is 11.8 Å². The lowest BCUT2D eigenvalue weighted by atomic mass is 9.49. The van der Waals surface area contributed by atoms with Crippen molar-refractivity contribution in [1.29, 1.82) is 0 Å². The Balaban J connectivity index is 1.16. The van der Waals surface area contributed by atoms with Crippen LogP contribution in [0.15, 0.2) is 24.3 Å². The van der Waals surface area contributed by atoms with Gasteiger partial charge in [-0.05, 0) is 92.8 Å². The second-order valence-corrected chi connectivity index (χ2v) is 9.25. The van der Waals surface area contributed by atoms with Crippen LogP contribution < -0.4 is 21.5 Å². The van der Waals surface area contributed by atoms with E-state index in [4.69, 9.17) is 12.2 Å². The second kappa shape index (κ2) is 8.26. The van der Waals surface area contributed by atoms with Crippen molar-refractivity contribution in [3.05, 3.63) is 30.1 Å². The van der Waals surface area contributed by atoms with Gasteiger partial charge < -0.3 is 10.6 Å². The molecule has 156 valence electrons. The molecule has 0 heterocycles. The summed E-state index contributed by atoms with van der Waals surface area (Å²) in [6.07, 6.45) is 7.11. The summed E-state index contributed by atoms with van der Waals surface area (Å²) in [6.45, 7) is 0.312. The van der Waals surface area contributed by atoms with Gasteiger partial charge in [-0.15, -0.1) is 0 Å². The molecule has 8 heteroatoms. The van der Waals surface area contributed by atoms with Gasteiger partial charge in [0.15, 0.2) is 5.11 Å². The highest BCUT2D eigenvalue weighted by atomic mass is 32.1. The monoisotopic (exact) mass is 418 g/mol. The van der Waals surface area contributed by atoms with E-state index in [9.17, 15) is 14.0 Å². The van der Waals surface area contributed by atoms with Crippen LogP contribution in [0.1, 0.15) is 44.9 Å². The van der Waals surface area contributed by atoms with Crippen molar-refractivity contribution in [2.75, 3.05) is 11.9 Å². The molecule has 4 N–H and O–H groups in total. The zero-order chi connectivity index (χ0) is 20.4. The fourth-order valence-electron chi connectivity index (χ4n) is 5.75. The summed E-state index contributed by atoms with van der Waals surface area (Å²) in [7, 11) is 0. The van der Waals surface area contributed by atoms with E-state index in [2.05, 4.69) is 21.5 Å². The zero-order valence-electron chi connectivity index (χ0n) is 16.3. The Morgan fingerprint density at radius 1 is 1.00 bits per heavy atom. The average molecular weight is 419 g/mol. The van der Waals surface area contributed by atoms with E-state index in [1.807, 2.05) is 0 Å². The number of rotatable bonds is 5. The molecule has 1 aromatic rings. The third-order valence-corrected chi connectivity index (χ3v) is 6.78. The minimum Gasteiger partial charge on any atom is -0.355 e. The minimum absolute atomic E-state index is 0.130. The lowest BCUT2D eigenvalue weighted by molar-refractivity contribution is -0.146. The van der Waals surface area contributed by atoms with Gasteiger partial charge in [-0.2, -0.15) is 0 Å². The molecule has 0 saturated heterocycles. The van der Waals surface area contributed by atoms with Crippen LogP contribution >= 0.6 is 12.2 Å². The molecule has 1 aromatic carbocycles. The van der Waals surface area contributed by atoms with Gasteiger partial charge in [0.25, 0.3) is 0 Å². The van der Waals surface area contributed by atoms with Gasteiger partial charge in [0, 0.05) is 24.1 Å². The topological polar surface area (TPSA) is 82.3 Å². The molecule has 4 fully saturated rings. The van der Waals surface area contributed by atoms with Crippen LogP contribution in [-0.4, -0.2) is 23.5 Å². The summed E-state index contributed by atoms with van der Waals surface area (Å²) in [5, 5.41) is 6.03. The normalized spacial score (nSPS) is 29.2. The first kappa shape index (κ1) is 20.1. The summed E-state index contributed by atoms with van der Waals surface area (Å²) in [5.74, 6) is 1.68. The molecule has 0 spiro atoms. The van der Waals surface area contributed by atoms with Crippen molar-refractivity contribution in [1.82, 2.24) is 16.2 Å². The lowest BCUT2D eigenvalue weighted by Crippen LogP contribution is -2.54. The van der Waals surface area contributed by atoms with Crippen LogP contribution in [-0.2, 0) is 9.59 Å². The zero-order valence-corrected chi connectivity index (χ0v) is 17.1. The van der Waals surface area contributed by atoms with Crippen molar-refractivity contribution in [2.24, 2.45) is 23.2 Å². The second-order valence-electron chi connectivity index (χ2n) is 8.84. The predicted molar refractivity (Wildman–Crippen MR) is 112 cm³/mol. The first-order valence-electron chi connectivity index (χ1n) is 10.3. The summed E-state index contributed by atoms with van der Waals surface area (Å²) >= 11 is 5.09. The fourth-order valence-corrected chi connectivity index (χ4v) is 5.92. The van der Waals surface area contributed by atoms with Gasteiger partial charge in [-0.1, -0.05) is 0 Å². The van der Waals surface area contributed by atoms with Gasteiger partial charge in [-0.3, -0.25) is 20.4 Å². The van der Waals surface area contributed by atoms with Crippen molar-refractivity contribution < 1.29 is 14.0 Å². The van der Waals surface area contributed by atoms with Crippen LogP contribution in [0, 0.1) is 29.0 Å². The highest BCUT2D eigenvalue weighted by molar-refractivity contribution is 7.80. The SMILES string of the molecule is O=C(CCNC(=O)C12CC3CC(CC(C3)C1)C2)NNC(=S)Nc1ccc(F)cc1. The number of anilines is 1. The minimum atomic E-state index is -0.335. The fraction of sp³-hybridized carbons (Fsp3) is 0.571. The van der Waals surface area contributed by atoms with E-state index in [1.165, 1.54) is 31.4 Å². The molecule has 0 aliphatic heterocycles. The number of hydrogen-bond donors (Lipinski definition) is 4. The molecule has 0 atom stereocenters. The van der Waals surface area contributed by atoms with Crippen LogP contribution in [0.25, 0.3) is 0 Å². The summed E-state index contributed by atoms with van der Waals surface area (Å²) in [5.41, 5.74) is 5.53. The maximum Gasteiger partial charge on any atom is 0.240 e. The van der Waals surface area contributed by atoms with Crippen molar-refractivity contribution in [3.8, 4) is 0 Å². The third-order valence-electron chi connectivity index (χ3n) is 6.58. The molecule has 0 aromatic heterocycles. The molecule has 4 aliphatic carbocycles. The van der Waals surface area contributed by atoms with Crippen molar-refractivity contribution in [3.63, 3.8) is 0 Å². The molecule has 5 rings (SSSR count). The maximum atomic E-state index is 12.9. The van der Waals surface area contributed by atoms with Crippen molar-refractivity contribution >= 4 is 34.8 Å². The molecule has 4 saturated carbocycles. The highest BCUT2D eigenvalue weighted by Gasteiger charge is 2.54. The van der Waals surface area contributed by atoms with E-state index in [0.717, 1.165) is 19.3 Å². The Kier molecular flexibility index (Phi) is 5.72. The molecular formula is C21H27FN4O2S. The first-order valence-corrected chi connectivity index (χ1v) is 10.7. The van der Waals surface area contributed by atoms with E-state index < -0.39 is 0 Å². The number of thiocarbonyl (C=S) groups is 1. The standard InChI is InChI=1S/C21H27FN4O2S/c22-16-1-3-17(4-2-16)24-20(29)26-25-18(27)5-6-23-19(28)21-10-13-7-14(11-21)9-15(8-13)12-21/h1-4,13-15H,5-12H2,(H,23,28)(H,25,27)(H2,24,26,29). The number of hydrazine groups is 1. The molecule has 4 bridgehead atoms. The smallest absolute Gasteiger partial charge is 0.240 e. The number of carbonyl (C=O) groups excluding carboxylic acids is 2. The maximum absolute atomic E-state index is 12.9. The number of amides is 2. The molecule has 4 aliphatic rings. The van der Waals surface area contributed by atoms with Crippen LogP contribution in [0.2, 0.25) is 0 Å².